The van der Waals surface area contributed by atoms with E-state index in [1.54, 1.807) is 12.1 Å². The molecule has 2 rings (SSSR count). The fraction of sp³-hybridized carbons (Fsp3) is 0.188. The summed E-state index contributed by atoms with van der Waals surface area (Å²) >= 11 is 11.9. The Labute approximate surface area is 148 Å². The maximum Gasteiger partial charge on any atom is 0.243 e. The predicted molar refractivity (Wildman–Crippen MR) is 93.1 cm³/mol. The number of halogens is 3. The second-order valence-corrected chi connectivity index (χ2v) is 5.53. The number of anilines is 2. The largest absolute Gasteiger partial charge is 0.495 e. The van der Waals surface area contributed by atoms with E-state index in [1.807, 2.05) is 0 Å². The maximum absolute atomic E-state index is 13.0. The molecule has 0 aliphatic rings. The highest BCUT2D eigenvalue weighted by atomic mass is 35.5. The third kappa shape index (κ3) is 4.43. The van der Waals surface area contributed by atoms with Crippen molar-refractivity contribution in [3.8, 4) is 11.5 Å². The molecule has 0 aliphatic heterocycles. The molecule has 0 aliphatic carbocycles. The number of amides is 1. The van der Waals surface area contributed by atoms with Gasteiger partial charge in [0.25, 0.3) is 0 Å². The Morgan fingerprint density at radius 2 is 1.75 bits per heavy atom. The first-order chi connectivity index (χ1) is 11.4. The average Bonchev–Trinajstić information content (AvgIpc) is 2.55. The van der Waals surface area contributed by atoms with Gasteiger partial charge in [0.15, 0.2) is 0 Å². The first kappa shape index (κ1) is 18.2. The quantitative estimate of drug-likeness (QED) is 0.797. The van der Waals surface area contributed by atoms with Gasteiger partial charge in [-0.05, 0) is 18.2 Å². The standard InChI is InChI=1S/C16H15Cl2FN2O3/c1-23-14-7-13(15(24-2)6-11(14)18)20-8-16(22)21-12-4-3-9(19)5-10(12)17/h3-7,20H,8H2,1-2H3,(H,21,22). The molecule has 0 spiro atoms. The summed E-state index contributed by atoms with van der Waals surface area (Å²) in [5.41, 5.74) is 0.865. The zero-order valence-electron chi connectivity index (χ0n) is 13.0. The van der Waals surface area contributed by atoms with Gasteiger partial charge in [0.2, 0.25) is 5.91 Å². The van der Waals surface area contributed by atoms with Crippen molar-refractivity contribution in [3.63, 3.8) is 0 Å². The number of benzene rings is 2. The van der Waals surface area contributed by atoms with Crippen LogP contribution in [0, 0.1) is 5.82 Å². The van der Waals surface area contributed by atoms with Crippen molar-refractivity contribution in [1.29, 1.82) is 0 Å². The van der Waals surface area contributed by atoms with Gasteiger partial charge in [-0.2, -0.15) is 0 Å². The number of rotatable bonds is 6. The Morgan fingerprint density at radius 1 is 1.04 bits per heavy atom. The summed E-state index contributed by atoms with van der Waals surface area (Å²) in [5, 5.41) is 6.02. The van der Waals surface area contributed by atoms with Gasteiger partial charge in [-0.3, -0.25) is 4.79 Å². The minimum atomic E-state index is -0.478. The van der Waals surface area contributed by atoms with Crippen molar-refractivity contribution in [2.45, 2.75) is 0 Å². The van der Waals surface area contributed by atoms with Crippen LogP contribution in [0.25, 0.3) is 0 Å². The first-order valence-electron chi connectivity index (χ1n) is 6.85. The van der Waals surface area contributed by atoms with Crippen LogP contribution in [0.1, 0.15) is 0 Å². The molecule has 0 fully saturated rings. The Morgan fingerprint density at radius 3 is 2.38 bits per heavy atom. The van der Waals surface area contributed by atoms with Crippen molar-refractivity contribution in [3.05, 3.63) is 46.2 Å². The van der Waals surface area contributed by atoms with Crippen molar-refractivity contribution in [1.82, 2.24) is 0 Å². The van der Waals surface area contributed by atoms with E-state index in [2.05, 4.69) is 10.6 Å². The Kier molecular flexibility index (Phi) is 6.11. The Balaban J connectivity index is 2.06. The molecule has 8 heteroatoms. The predicted octanol–water partition coefficient (Wildman–Crippen LogP) is 4.20. The van der Waals surface area contributed by atoms with Crippen LogP contribution in [-0.4, -0.2) is 26.7 Å². The van der Waals surface area contributed by atoms with E-state index in [9.17, 15) is 9.18 Å². The molecule has 0 aromatic heterocycles. The molecule has 2 N–H and O–H groups in total. The zero-order valence-corrected chi connectivity index (χ0v) is 14.5. The number of carbonyl (C=O) groups is 1. The Bertz CT molecular complexity index is 756. The fourth-order valence-corrected chi connectivity index (χ4v) is 2.40. The molecule has 24 heavy (non-hydrogen) atoms. The van der Waals surface area contributed by atoms with Gasteiger partial charge in [0.1, 0.15) is 17.3 Å². The first-order valence-corrected chi connectivity index (χ1v) is 7.60. The van der Waals surface area contributed by atoms with Crippen LogP contribution in [0.2, 0.25) is 10.0 Å². The monoisotopic (exact) mass is 372 g/mol. The highest BCUT2D eigenvalue weighted by Gasteiger charge is 2.12. The van der Waals surface area contributed by atoms with Crippen LogP contribution < -0.4 is 20.1 Å². The molecule has 5 nitrogen and oxygen atoms in total. The number of nitrogens with one attached hydrogen (secondary N) is 2. The third-order valence-electron chi connectivity index (χ3n) is 3.12. The summed E-state index contributed by atoms with van der Waals surface area (Å²) in [6.07, 6.45) is 0. The third-order valence-corrected chi connectivity index (χ3v) is 3.73. The number of methoxy groups -OCH3 is 2. The molecular weight excluding hydrogens is 358 g/mol. The van der Waals surface area contributed by atoms with Crippen molar-refractivity contribution in [2.24, 2.45) is 0 Å². The van der Waals surface area contributed by atoms with Crippen LogP contribution >= 0.6 is 23.2 Å². The van der Waals surface area contributed by atoms with E-state index < -0.39 is 5.82 Å². The van der Waals surface area contributed by atoms with Crippen LogP contribution in [0.15, 0.2) is 30.3 Å². The zero-order chi connectivity index (χ0) is 17.7. The van der Waals surface area contributed by atoms with Crippen molar-refractivity contribution < 1.29 is 18.7 Å². The van der Waals surface area contributed by atoms with Gasteiger partial charge in [0.05, 0.1) is 42.2 Å². The molecule has 1 amide bonds. The van der Waals surface area contributed by atoms with Crippen molar-refractivity contribution in [2.75, 3.05) is 31.4 Å². The molecule has 0 heterocycles. The van der Waals surface area contributed by atoms with Gasteiger partial charge in [-0.1, -0.05) is 23.2 Å². The average molecular weight is 373 g/mol. The van der Waals surface area contributed by atoms with E-state index in [-0.39, 0.29) is 17.5 Å². The molecule has 2 aromatic rings. The fourth-order valence-electron chi connectivity index (χ4n) is 1.96. The summed E-state index contributed by atoms with van der Waals surface area (Å²) in [6, 6.07) is 6.93. The molecule has 0 unspecified atom stereocenters. The number of hydrogen-bond acceptors (Lipinski definition) is 4. The van der Waals surface area contributed by atoms with Gasteiger partial charge >= 0.3 is 0 Å². The van der Waals surface area contributed by atoms with E-state index >= 15 is 0 Å². The van der Waals surface area contributed by atoms with Crippen LogP contribution in [0.3, 0.4) is 0 Å². The summed E-state index contributed by atoms with van der Waals surface area (Å²) < 4.78 is 23.3. The highest BCUT2D eigenvalue weighted by Crippen LogP contribution is 2.35. The lowest BCUT2D eigenvalue weighted by Crippen LogP contribution is -2.22. The Hall–Kier alpha value is -2.18. The molecule has 0 saturated carbocycles. The minimum absolute atomic E-state index is 0.0607. The number of ether oxygens (including phenoxy) is 2. The van der Waals surface area contributed by atoms with Gasteiger partial charge < -0.3 is 20.1 Å². The molecule has 2 aromatic carbocycles. The smallest absolute Gasteiger partial charge is 0.243 e. The maximum atomic E-state index is 13.0. The van der Waals surface area contributed by atoms with E-state index in [0.717, 1.165) is 6.07 Å². The van der Waals surface area contributed by atoms with Crippen molar-refractivity contribution >= 4 is 40.5 Å². The molecule has 0 atom stereocenters. The molecule has 128 valence electrons. The van der Waals surface area contributed by atoms with Gasteiger partial charge in [0, 0.05) is 12.1 Å². The second kappa shape index (κ2) is 8.08. The lowest BCUT2D eigenvalue weighted by atomic mass is 10.2. The lowest BCUT2D eigenvalue weighted by Gasteiger charge is -2.14. The number of carbonyl (C=O) groups excluding carboxylic acids is 1. The molecule has 0 radical (unpaired) electrons. The molecule has 0 bridgehead atoms. The van der Waals surface area contributed by atoms with E-state index in [4.69, 9.17) is 32.7 Å². The van der Waals surface area contributed by atoms with Crippen LogP contribution in [-0.2, 0) is 4.79 Å². The summed E-state index contributed by atoms with van der Waals surface area (Å²) in [4.78, 5) is 12.0. The summed E-state index contributed by atoms with van der Waals surface area (Å²) in [5.74, 6) is 0.0731. The second-order valence-electron chi connectivity index (χ2n) is 4.71. The normalized spacial score (nSPS) is 10.2. The van der Waals surface area contributed by atoms with E-state index in [0.29, 0.717) is 27.9 Å². The van der Waals surface area contributed by atoms with Gasteiger partial charge in [-0.25, -0.2) is 4.39 Å². The molecular formula is C16H15Cl2FN2O3. The van der Waals surface area contributed by atoms with Crippen LogP contribution in [0.5, 0.6) is 11.5 Å². The number of hydrogen-bond donors (Lipinski definition) is 2. The van der Waals surface area contributed by atoms with E-state index in [1.165, 1.54) is 26.4 Å². The highest BCUT2D eigenvalue weighted by molar-refractivity contribution is 6.33. The van der Waals surface area contributed by atoms with Crippen LogP contribution in [0.4, 0.5) is 15.8 Å². The topological polar surface area (TPSA) is 59.6 Å². The lowest BCUT2D eigenvalue weighted by molar-refractivity contribution is -0.114. The SMILES string of the molecule is COc1cc(NCC(=O)Nc2ccc(F)cc2Cl)c(OC)cc1Cl. The van der Waals surface area contributed by atoms with Gasteiger partial charge in [-0.15, -0.1) is 0 Å². The summed E-state index contributed by atoms with van der Waals surface area (Å²) in [6.45, 7) is -0.0607. The summed E-state index contributed by atoms with van der Waals surface area (Å²) in [7, 11) is 2.97. The molecule has 0 saturated heterocycles. The minimum Gasteiger partial charge on any atom is -0.495 e.